The molecule has 0 aromatic rings. The van der Waals surface area contributed by atoms with Crippen molar-refractivity contribution in [2.24, 2.45) is 5.92 Å². The maximum atomic E-state index is 2.17. The summed E-state index contributed by atoms with van der Waals surface area (Å²) in [4.78, 5) is 0. The molecule has 0 radical (unpaired) electrons. The summed E-state index contributed by atoms with van der Waals surface area (Å²) >= 11 is 0. The van der Waals surface area contributed by atoms with E-state index in [-0.39, 0.29) is 6.15 Å². The standard InChI is InChI=1S/C4H10.C3H8.H3N/c1-4(2)3;1-3-2;/h4H,1-3H3;3H2,1-2H3;1H3. The number of rotatable bonds is 0. The predicted octanol–water partition coefficient (Wildman–Crippen LogP) is 3.24. The van der Waals surface area contributed by atoms with Crippen LogP contribution < -0.4 is 6.15 Å². The summed E-state index contributed by atoms with van der Waals surface area (Å²) in [5, 5.41) is 0. The molecule has 0 amide bonds. The highest BCUT2D eigenvalue weighted by molar-refractivity contribution is 4.20. The van der Waals surface area contributed by atoms with Crippen LogP contribution in [0.2, 0.25) is 0 Å². The summed E-state index contributed by atoms with van der Waals surface area (Å²) in [6, 6.07) is 0. The van der Waals surface area contributed by atoms with E-state index in [2.05, 4.69) is 34.6 Å². The van der Waals surface area contributed by atoms with Crippen molar-refractivity contribution in [2.75, 3.05) is 0 Å². The third-order valence-electron chi connectivity index (χ3n) is 0. The van der Waals surface area contributed by atoms with E-state index >= 15 is 0 Å². The Bertz CT molecular complexity index is 15.6. The normalized spacial score (nSPS) is 6.75. The molecule has 8 heavy (non-hydrogen) atoms. The van der Waals surface area contributed by atoms with Gasteiger partial charge in [0.05, 0.1) is 0 Å². The third-order valence-corrected chi connectivity index (χ3v) is 0. The van der Waals surface area contributed by atoms with Gasteiger partial charge in [0, 0.05) is 0 Å². The van der Waals surface area contributed by atoms with Gasteiger partial charge in [-0.05, 0) is 5.92 Å². The number of hydrogen-bond donors (Lipinski definition) is 1. The summed E-state index contributed by atoms with van der Waals surface area (Å²) in [5.74, 6) is 0.833. The predicted molar refractivity (Wildman–Crippen MR) is 41.5 cm³/mol. The molecular weight excluding hydrogens is 98.1 g/mol. The minimum Gasteiger partial charge on any atom is -0.344 e. The van der Waals surface area contributed by atoms with E-state index in [0.29, 0.717) is 0 Å². The second-order valence-corrected chi connectivity index (χ2v) is 2.44. The van der Waals surface area contributed by atoms with Crippen molar-refractivity contribution in [2.45, 2.75) is 41.0 Å². The molecule has 0 rings (SSSR count). The van der Waals surface area contributed by atoms with Crippen molar-refractivity contribution < 1.29 is 0 Å². The van der Waals surface area contributed by atoms with Crippen molar-refractivity contribution in [3.63, 3.8) is 0 Å². The Morgan fingerprint density at radius 1 is 1.00 bits per heavy atom. The highest BCUT2D eigenvalue weighted by Gasteiger charge is 1.68. The Kier molecular flexibility index (Phi) is 30.9. The van der Waals surface area contributed by atoms with Crippen LogP contribution in [0.4, 0.5) is 0 Å². The summed E-state index contributed by atoms with van der Waals surface area (Å²) in [7, 11) is 0. The largest absolute Gasteiger partial charge is 0.344 e. The van der Waals surface area contributed by atoms with Gasteiger partial charge in [0.2, 0.25) is 0 Å². The Balaban J connectivity index is -0.0000000575. The van der Waals surface area contributed by atoms with Gasteiger partial charge in [-0.3, -0.25) is 0 Å². The van der Waals surface area contributed by atoms with Gasteiger partial charge >= 0.3 is 0 Å². The van der Waals surface area contributed by atoms with Gasteiger partial charge in [-0.2, -0.15) is 0 Å². The molecule has 54 valence electrons. The first kappa shape index (κ1) is 15.7. The molecule has 0 bridgehead atoms. The summed E-state index contributed by atoms with van der Waals surface area (Å²) in [6.45, 7) is 10.8. The van der Waals surface area contributed by atoms with Crippen LogP contribution in [0, 0.1) is 5.92 Å². The maximum Gasteiger partial charge on any atom is -0.0500 e. The molecule has 0 aliphatic heterocycles. The van der Waals surface area contributed by atoms with Crippen molar-refractivity contribution >= 4 is 0 Å². The van der Waals surface area contributed by atoms with Gasteiger partial charge in [-0.15, -0.1) is 0 Å². The van der Waals surface area contributed by atoms with Crippen LogP contribution in [0.15, 0.2) is 0 Å². The van der Waals surface area contributed by atoms with E-state index in [9.17, 15) is 0 Å². The lowest BCUT2D eigenvalue weighted by Crippen LogP contribution is -1.66. The Morgan fingerprint density at radius 2 is 1.00 bits per heavy atom. The molecular formula is C7H21N. The molecule has 0 atom stereocenters. The number of hydrogen-bond acceptors (Lipinski definition) is 1. The molecule has 0 aliphatic rings. The fourth-order valence-electron chi connectivity index (χ4n) is 0. The van der Waals surface area contributed by atoms with E-state index in [1.807, 2.05) is 0 Å². The van der Waals surface area contributed by atoms with E-state index in [1.165, 1.54) is 6.42 Å². The van der Waals surface area contributed by atoms with Gasteiger partial charge in [-0.25, -0.2) is 0 Å². The second kappa shape index (κ2) is 15.8. The summed E-state index contributed by atoms with van der Waals surface area (Å²) in [6.07, 6.45) is 1.25. The van der Waals surface area contributed by atoms with Gasteiger partial charge < -0.3 is 6.15 Å². The van der Waals surface area contributed by atoms with Crippen LogP contribution in [0.5, 0.6) is 0 Å². The molecule has 3 N–H and O–H groups in total. The van der Waals surface area contributed by atoms with Crippen LogP contribution in [0.3, 0.4) is 0 Å². The van der Waals surface area contributed by atoms with Gasteiger partial charge in [0.1, 0.15) is 0 Å². The zero-order valence-corrected chi connectivity index (χ0v) is 6.99. The molecule has 0 unspecified atom stereocenters. The zero-order valence-electron chi connectivity index (χ0n) is 6.99. The lowest BCUT2D eigenvalue weighted by molar-refractivity contribution is 0.737. The minimum atomic E-state index is 0. The lowest BCUT2D eigenvalue weighted by Gasteiger charge is -1.79. The Labute approximate surface area is 54.1 Å². The highest BCUT2D eigenvalue weighted by Crippen LogP contribution is 1.81. The molecule has 0 spiro atoms. The highest BCUT2D eigenvalue weighted by atomic mass is 14.0. The van der Waals surface area contributed by atoms with Crippen molar-refractivity contribution in [3.05, 3.63) is 0 Å². The van der Waals surface area contributed by atoms with Crippen molar-refractivity contribution in [1.29, 1.82) is 0 Å². The molecule has 0 fully saturated rings. The molecule has 0 aromatic carbocycles. The zero-order chi connectivity index (χ0) is 6.28. The molecule has 0 aromatic heterocycles. The monoisotopic (exact) mass is 119 g/mol. The fourth-order valence-corrected chi connectivity index (χ4v) is 0. The van der Waals surface area contributed by atoms with E-state index in [4.69, 9.17) is 0 Å². The quantitative estimate of drug-likeness (QED) is 0.522. The maximum absolute atomic E-state index is 2.17. The van der Waals surface area contributed by atoms with Crippen LogP contribution in [0.25, 0.3) is 0 Å². The van der Waals surface area contributed by atoms with Crippen LogP contribution in [-0.2, 0) is 0 Å². The SMILES string of the molecule is CC(C)C.CCC.N. The first-order valence-electron chi connectivity index (χ1n) is 3.15. The van der Waals surface area contributed by atoms with E-state index < -0.39 is 0 Å². The van der Waals surface area contributed by atoms with E-state index in [1.54, 1.807) is 0 Å². The van der Waals surface area contributed by atoms with Crippen LogP contribution in [0.1, 0.15) is 41.0 Å². The lowest BCUT2D eigenvalue weighted by atomic mass is 10.3. The molecule has 1 nitrogen and oxygen atoms in total. The smallest absolute Gasteiger partial charge is 0.0500 e. The molecule has 0 saturated heterocycles. The Hall–Kier alpha value is -0.0400. The van der Waals surface area contributed by atoms with Gasteiger partial charge in [0.15, 0.2) is 0 Å². The van der Waals surface area contributed by atoms with Crippen LogP contribution >= 0.6 is 0 Å². The summed E-state index contributed by atoms with van der Waals surface area (Å²) < 4.78 is 0. The van der Waals surface area contributed by atoms with Crippen molar-refractivity contribution in [1.82, 2.24) is 6.15 Å². The first-order chi connectivity index (χ1) is 3.15. The molecule has 1 heteroatoms. The topological polar surface area (TPSA) is 35.0 Å². The average Bonchev–Trinajstić information content (AvgIpc) is 1.33. The fraction of sp³-hybridized carbons (Fsp3) is 1.00. The van der Waals surface area contributed by atoms with Crippen molar-refractivity contribution in [3.8, 4) is 0 Å². The molecule has 0 heterocycles. The van der Waals surface area contributed by atoms with E-state index in [0.717, 1.165) is 5.92 Å². The first-order valence-corrected chi connectivity index (χ1v) is 3.15. The average molecular weight is 119 g/mol. The van der Waals surface area contributed by atoms with Gasteiger partial charge in [-0.1, -0.05) is 41.0 Å². The molecule has 0 saturated carbocycles. The summed E-state index contributed by atoms with van der Waals surface area (Å²) in [5.41, 5.74) is 0. The molecule has 0 aliphatic carbocycles. The second-order valence-electron chi connectivity index (χ2n) is 2.44. The van der Waals surface area contributed by atoms with Gasteiger partial charge in [0.25, 0.3) is 0 Å². The Morgan fingerprint density at radius 3 is 1.00 bits per heavy atom. The van der Waals surface area contributed by atoms with Crippen LogP contribution in [-0.4, -0.2) is 0 Å². The minimum absolute atomic E-state index is 0. The third kappa shape index (κ3) is 91600.